The van der Waals surface area contributed by atoms with E-state index in [-0.39, 0.29) is 17.9 Å². The van der Waals surface area contributed by atoms with E-state index in [0.29, 0.717) is 30.2 Å². The molecule has 1 aromatic carbocycles. The number of thioether (sulfide) groups is 1. The normalized spacial score (nSPS) is 14.6. The minimum absolute atomic E-state index is 0.0521. The Morgan fingerprint density at radius 3 is 2.68 bits per heavy atom. The van der Waals surface area contributed by atoms with Gasteiger partial charge < -0.3 is 19.2 Å². The van der Waals surface area contributed by atoms with E-state index in [0.717, 1.165) is 29.3 Å². The summed E-state index contributed by atoms with van der Waals surface area (Å²) in [5.74, 6) is 1.57. The molecule has 162 valence electrons. The van der Waals surface area contributed by atoms with E-state index in [1.807, 2.05) is 55.1 Å². The zero-order valence-electron chi connectivity index (χ0n) is 17.7. The molecular weight excluding hydrogens is 412 g/mol. The van der Waals surface area contributed by atoms with Gasteiger partial charge in [0.15, 0.2) is 10.9 Å². The summed E-state index contributed by atoms with van der Waals surface area (Å²) >= 11 is 1.57. The molecule has 2 amide bonds. The molecule has 1 aliphatic heterocycles. The number of carbonyl (C=O) groups is 2. The SMILES string of the molecule is Cc1ccccc1C(=O)NC1CCN(C(=O)c2ccc(CSc3nccn3C)o2)CC1. The fourth-order valence-electron chi connectivity index (χ4n) is 3.67. The Hall–Kier alpha value is -3.00. The number of amides is 2. The molecule has 2 aromatic heterocycles. The zero-order chi connectivity index (χ0) is 21.8. The molecule has 1 N–H and O–H groups in total. The number of nitrogens with zero attached hydrogens (tertiary/aromatic N) is 3. The molecule has 1 saturated heterocycles. The van der Waals surface area contributed by atoms with E-state index in [1.54, 1.807) is 28.9 Å². The van der Waals surface area contributed by atoms with Crippen molar-refractivity contribution < 1.29 is 14.0 Å². The summed E-state index contributed by atoms with van der Waals surface area (Å²) in [5.41, 5.74) is 1.66. The summed E-state index contributed by atoms with van der Waals surface area (Å²) in [4.78, 5) is 31.4. The molecule has 0 aliphatic carbocycles. The number of imidazole rings is 1. The van der Waals surface area contributed by atoms with Crippen molar-refractivity contribution >= 4 is 23.6 Å². The van der Waals surface area contributed by atoms with E-state index in [4.69, 9.17) is 4.42 Å². The van der Waals surface area contributed by atoms with Crippen LogP contribution in [0, 0.1) is 6.92 Å². The predicted molar refractivity (Wildman–Crippen MR) is 119 cm³/mol. The second-order valence-corrected chi connectivity index (χ2v) is 8.67. The summed E-state index contributed by atoms with van der Waals surface area (Å²) in [6.07, 6.45) is 5.11. The highest BCUT2D eigenvalue weighted by Crippen LogP contribution is 2.23. The number of hydrogen-bond donors (Lipinski definition) is 1. The fraction of sp³-hybridized carbons (Fsp3) is 0.348. The number of nitrogens with one attached hydrogen (secondary N) is 1. The summed E-state index contributed by atoms with van der Waals surface area (Å²) in [7, 11) is 1.94. The first-order chi connectivity index (χ1) is 15.0. The number of likely N-dealkylation sites (tertiary alicyclic amines) is 1. The molecule has 0 radical (unpaired) electrons. The number of aromatic nitrogens is 2. The van der Waals surface area contributed by atoms with Gasteiger partial charge >= 0.3 is 0 Å². The Kier molecular flexibility index (Phi) is 6.46. The van der Waals surface area contributed by atoms with Crippen molar-refractivity contribution in [2.24, 2.45) is 7.05 Å². The minimum atomic E-state index is -0.100. The van der Waals surface area contributed by atoms with Crippen LogP contribution in [0.1, 0.15) is 45.1 Å². The van der Waals surface area contributed by atoms with Crippen LogP contribution in [0.25, 0.3) is 0 Å². The van der Waals surface area contributed by atoms with E-state index in [1.165, 1.54) is 0 Å². The van der Waals surface area contributed by atoms with E-state index in [2.05, 4.69) is 10.3 Å². The number of aryl methyl sites for hydroxylation is 2. The van der Waals surface area contributed by atoms with Gasteiger partial charge in [0.1, 0.15) is 5.76 Å². The van der Waals surface area contributed by atoms with E-state index >= 15 is 0 Å². The molecular formula is C23H26N4O3S. The Labute approximate surface area is 185 Å². The van der Waals surface area contributed by atoms with Gasteiger partial charge in [-0.2, -0.15) is 0 Å². The molecule has 1 fully saturated rings. The van der Waals surface area contributed by atoms with Crippen LogP contribution >= 0.6 is 11.8 Å². The third kappa shape index (κ3) is 5.02. The molecule has 0 atom stereocenters. The third-order valence-corrected chi connectivity index (χ3v) is 6.58. The average molecular weight is 439 g/mol. The molecule has 0 spiro atoms. The van der Waals surface area contributed by atoms with Crippen LogP contribution in [0.3, 0.4) is 0 Å². The fourth-order valence-corrected chi connectivity index (χ4v) is 4.50. The molecule has 0 bridgehead atoms. The Morgan fingerprint density at radius 2 is 1.97 bits per heavy atom. The minimum Gasteiger partial charge on any atom is -0.455 e. The van der Waals surface area contributed by atoms with Gasteiger partial charge in [-0.1, -0.05) is 30.0 Å². The predicted octanol–water partition coefficient (Wildman–Crippen LogP) is 3.65. The Bertz CT molecular complexity index is 1070. The maximum absolute atomic E-state index is 12.8. The van der Waals surface area contributed by atoms with Gasteiger partial charge in [-0.3, -0.25) is 9.59 Å². The van der Waals surface area contributed by atoms with Gasteiger partial charge in [0.2, 0.25) is 0 Å². The van der Waals surface area contributed by atoms with E-state index < -0.39 is 0 Å². The van der Waals surface area contributed by atoms with Crippen molar-refractivity contribution in [1.82, 2.24) is 19.8 Å². The topological polar surface area (TPSA) is 80.4 Å². The van der Waals surface area contributed by atoms with Crippen LogP contribution in [0.4, 0.5) is 0 Å². The maximum Gasteiger partial charge on any atom is 0.289 e. The number of benzene rings is 1. The molecule has 3 aromatic rings. The van der Waals surface area contributed by atoms with Gasteiger partial charge in [-0.25, -0.2) is 4.98 Å². The lowest BCUT2D eigenvalue weighted by atomic mass is 10.0. The highest BCUT2D eigenvalue weighted by Gasteiger charge is 2.26. The average Bonchev–Trinajstić information content (AvgIpc) is 3.41. The monoisotopic (exact) mass is 438 g/mol. The van der Waals surface area contributed by atoms with Crippen LogP contribution in [-0.4, -0.2) is 45.4 Å². The van der Waals surface area contributed by atoms with Crippen molar-refractivity contribution in [2.45, 2.75) is 36.7 Å². The van der Waals surface area contributed by atoms with Crippen molar-refractivity contribution in [3.8, 4) is 0 Å². The molecule has 1 aliphatic rings. The van der Waals surface area contributed by atoms with Crippen LogP contribution in [-0.2, 0) is 12.8 Å². The number of carbonyl (C=O) groups excluding carboxylic acids is 2. The Balaban J connectivity index is 1.27. The molecule has 3 heterocycles. The molecule has 8 heteroatoms. The first kappa shape index (κ1) is 21.2. The number of hydrogen-bond acceptors (Lipinski definition) is 5. The van der Waals surface area contributed by atoms with Crippen LogP contribution in [0.15, 0.2) is 58.4 Å². The standard InChI is InChI=1S/C23H26N4O3S/c1-16-5-3-4-6-19(16)21(28)25-17-9-12-27(13-10-17)22(29)20-8-7-18(30-20)15-31-23-24-11-14-26(23)2/h3-8,11,14,17H,9-10,12-13,15H2,1-2H3,(H,25,28). The highest BCUT2D eigenvalue weighted by atomic mass is 32.2. The molecule has 4 rings (SSSR count). The number of rotatable bonds is 6. The largest absolute Gasteiger partial charge is 0.455 e. The first-order valence-electron chi connectivity index (χ1n) is 10.4. The van der Waals surface area contributed by atoms with Crippen molar-refractivity contribution in [3.63, 3.8) is 0 Å². The van der Waals surface area contributed by atoms with Gasteiger partial charge in [-0.05, 0) is 43.5 Å². The quantitative estimate of drug-likeness (QED) is 0.594. The molecule has 31 heavy (non-hydrogen) atoms. The summed E-state index contributed by atoms with van der Waals surface area (Å²) in [6.45, 7) is 3.12. The van der Waals surface area contributed by atoms with Crippen molar-refractivity contribution in [2.75, 3.05) is 13.1 Å². The Morgan fingerprint density at radius 1 is 1.19 bits per heavy atom. The lowest BCUT2D eigenvalue weighted by Gasteiger charge is -2.32. The third-order valence-electron chi connectivity index (χ3n) is 5.50. The molecule has 0 unspecified atom stereocenters. The van der Waals surface area contributed by atoms with Gasteiger partial charge in [0.05, 0.1) is 5.75 Å². The van der Waals surface area contributed by atoms with Crippen LogP contribution in [0.5, 0.6) is 0 Å². The van der Waals surface area contributed by atoms with Crippen LogP contribution < -0.4 is 5.32 Å². The van der Waals surface area contributed by atoms with Gasteiger partial charge in [0.25, 0.3) is 11.8 Å². The van der Waals surface area contributed by atoms with E-state index in [9.17, 15) is 9.59 Å². The van der Waals surface area contributed by atoms with Gasteiger partial charge in [-0.15, -0.1) is 0 Å². The van der Waals surface area contributed by atoms with Crippen LogP contribution in [0.2, 0.25) is 0 Å². The number of furan rings is 1. The highest BCUT2D eigenvalue weighted by molar-refractivity contribution is 7.98. The first-order valence-corrected chi connectivity index (χ1v) is 11.3. The van der Waals surface area contributed by atoms with Crippen molar-refractivity contribution in [1.29, 1.82) is 0 Å². The number of piperidine rings is 1. The summed E-state index contributed by atoms with van der Waals surface area (Å²) in [6, 6.07) is 11.2. The van der Waals surface area contributed by atoms with Gasteiger partial charge in [0, 0.05) is 44.1 Å². The van der Waals surface area contributed by atoms with Crippen molar-refractivity contribution in [3.05, 3.63) is 71.4 Å². The smallest absolute Gasteiger partial charge is 0.289 e. The summed E-state index contributed by atoms with van der Waals surface area (Å²) in [5, 5.41) is 4.00. The maximum atomic E-state index is 12.8. The summed E-state index contributed by atoms with van der Waals surface area (Å²) < 4.78 is 7.73. The lowest BCUT2D eigenvalue weighted by molar-refractivity contribution is 0.0666. The molecule has 7 nitrogen and oxygen atoms in total. The second-order valence-electron chi connectivity index (χ2n) is 7.73. The molecule has 0 saturated carbocycles. The second kappa shape index (κ2) is 9.43. The zero-order valence-corrected chi connectivity index (χ0v) is 18.5. The lowest BCUT2D eigenvalue weighted by Crippen LogP contribution is -2.46.